The molecule has 1 aromatic carbocycles. The largest absolute Gasteiger partial charge is 0.378 e. The van der Waals surface area contributed by atoms with Crippen molar-refractivity contribution < 1.29 is 9.53 Å². The van der Waals surface area contributed by atoms with Crippen molar-refractivity contribution >= 4 is 49.7 Å². The monoisotopic (exact) mass is 467 g/mol. The van der Waals surface area contributed by atoms with Crippen molar-refractivity contribution in [2.75, 3.05) is 43.2 Å². The first-order chi connectivity index (χ1) is 15.6. The van der Waals surface area contributed by atoms with Crippen LogP contribution in [0.5, 0.6) is 0 Å². The number of fused-ring (bicyclic) bond motifs is 1. The number of thiophene rings is 1. The van der Waals surface area contributed by atoms with E-state index in [4.69, 9.17) is 9.72 Å². The average Bonchev–Trinajstić information content (AvgIpc) is 3.52. The number of morpholine rings is 1. The van der Waals surface area contributed by atoms with Crippen molar-refractivity contribution in [1.82, 2.24) is 14.5 Å². The van der Waals surface area contributed by atoms with Crippen LogP contribution in [0.15, 0.2) is 52.6 Å². The summed E-state index contributed by atoms with van der Waals surface area (Å²) in [7, 11) is 1.71. The number of anilines is 2. The second-order valence-electron chi connectivity index (χ2n) is 7.34. The van der Waals surface area contributed by atoms with Gasteiger partial charge in [0.2, 0.25) is 5.91 Å². The summed E-state index contributed by atoms with van der Waals surface area (Å²) >= 11 is 2.93. The van der Waals surface area contributed by atoms with Gasteiger partial charge in [-0.2, -0.15) is 4.98 Å². The number of thiazole rings is 1. The van der Waals surface area contributed by atoms with Gasteiger partial charge in [0.05, 0.1) is 18.1 Å². The predicted molar refractivity (Wildman–Crippen MR) is 128 cm³/mol. The number of hydrogen-bond acceptors (Lipinski definition) is 8. The Morgan fingerprint density at radius 2 is 1.91 bits per heavy atom. The number of para-hydroxylation sites is 1. The zero-order valence-electron chi connectivity index (χ0n) is 17.4. The maximum Gasteiger partial charge on any atom is 0.349 e. The van der Waals surface area contributed by atoms with Crippen LogP contribution < -0.4 is 15.5 Å². The molecule has 1 aliphatic rings. The summed E-state index contributed by atoms with van der Waals surface area (Å²) < 4.78 is 6.90. The molecule has 5 rings (SSSR count). The first kappa shape index (κ1) is 20.8. The van der Waals surface area contributed by atoms with Crippen LogP contribution in [0.1, 0.15) is 0 Å². The molecular formula is C22H21N5O3S2. The van der Waals surface area contributed by atoms with Gasteiger partial charge in [0.1, 0.15) is 22.6 Å². The zero-order valence-corrected chi connectivity index (χ0v) is 19.1. The normalized spacial score (nSPS) is 14.1. The standard InChI is InChI=1S/C22H21N5O3S2/c1-25(15-6-3-2-4-7-15)17(28)14-27-20-19(18(23-21(27)29)16-8-5-13-31-16)24-22(32-20)26-9-11-30-12-10-26/h2-8,13H,9-12,14H2,1H3. The first-order valence-corrected chi connectivity index (χ1v) is 11.9. The number of hydrogen-bond donors (Lipinski definition) is 0. The molecular weight excluding hydrogens is 446 g/mol. The number of carbonyl (C=O) groups excluding carboxylic acids is 1. The molecule has 4 aromatic rings. The van der Waals surface area contributed by atoms with E-state index in [1.165, 1.54) is 27.2 Å². The number of ether oxygens (including phenoxy) is 1. The highest BCUT2D eigenvalue weighted by Gasteiger charge is 2.23. The van der Waals surface area contributed by atoms with Crippen molar-refractivity contribution in [3.63, 3.8) is 0 Å². The summed E-state index contributed by atoms with van der Waals surface area (Å²) in [6.07, 6.45) is 0. The SMILES string of the molecule is CN(C(=O)Cn1c(=O)nc(-c2cccs2)c2nc(N3CCOCC3)sc21)c1ccccc1. The third-order valence-corrected chi connectivity index (χ3v) is 7.37. The van der Waals surface area contributed by atoms with Crippen molar-refractivity contribution in [3.05, 3.63) is 58.3 Å². The first-order valence-electron chi connectivity index (χ1n) is 10.2. The highest BCUT2D eigenvalue weighted by Crippen LogP contribution is 2.35. The molecule has 0 bridgehead atoms. The predicted octanol–water partition coefficient (Wildman–Crippen LogP) is 3.08. The minimum Gasteiger partial charge on any atom is -0.378 e. The molecule has 4 heterocycles. The van der Waals surface area contributed by atoms with Crippen molar-refractivity contribution in [2.45, 2.75) is 6.54 Å². The van der Waals surface area contributed by atoms with E-state index in [0.717, 1.165) is 28.8 Å². The van der Waals surface area contributed by atoms with Crippen LogP contribution in [0.25, 0.3) is 20.9 Å². The lowest BCUT2D eigenvalue weighted by molar-refractivity contribution is -0.118. The third-order valence-electron chi connectivity index (χ3n) is 5.35. The molecule has 0 spiro atoms. The number of aromatic nitrogens is 3. The van der Waals surface area contributed by atoms with E-state index >= 15 is 0 Å². The quantitative estimate of drug-likeness (QED) is 0.449. The van der Waals surface area contributed by atoms with E-state index in [2.05, 4.69) is 9.88 Å². The highest BCUT2D eigenvalue weighted by molar-refractivity contribution is 7.22. The Morgan fingerprint density at radius 1 is 1.12 bits per heavy atom. The lowest BCUT2D eigenvalue weighted by atomic mass is 10.3. The van der Waals surface area contributed by atoms with Crippen LogP contribution in [-0.4, -0.2) is 53.8 Å². The molecule has 0 aliphatic carbocycles. The van der Waals surface area contributed by atoms with E-state index in [1.807, 2.05) is 47.8 Å². The second kappa shape index (κ2) is 8.81. The fourth-order valence-electron chi connectivity index (χ4n) is 3.59. The summed E-state index contributed by atoms with van der Waals surface area (Å²) in [5.41, 5.74) is 1.53. The molecule has 0 unspecified atom stereocenters. The number of carbonyl (C=O) groups is 1. The van der Waals surface area contributed by atoms with Gasteiger partial charge in [-0.3, -0.25) is 9.36 Å². The van der Waals surface area contributed by atoms with E-state index in [9.17, 15) is 9.59 Å². The molecule has 0 atom stereocenters. The van der Waals surface area contributed by atoms with Gasteiger partial charge in [-0.15, -0.1) is 11.3 Å². The second-order valence-corrected chi connectivity index (χ2v) is 9.25. The van der Waals surface area contributed by atoms with Gasteiger partial charge in [-0.25, -0.2) is 9.78 Å². The summed E-state index contributed by atoms with van der Waals surface area (Å²) in [4.78, 5) is 40.5. The van der Waals surface area contributed by atoms with Crippen molar-refractivity contribution in [2.24, 2.45) is 0 Å². The molecule has 1 amide bonds. The Morgan fingerprint density at radius 3 is 2.62 bits per heavy atom. The van der Waals surface area contributed by atoms with Gasteiger partial charge < -0.3 is 14.5 Å². The molecule has 8 nitrogen and oxygen atoms in total. The van der Waals surface area contributed by atoms with Crippen LogP contribution >= 0.6 is 22.7 Å². The summed E-state index contributed by atoms with van der Waals surface area (Å²) in [5.74, 6) is -0.202. The molecule has 0 radical (unpaired) electrons. The van der Waals surface area contributed by atoms with Gasteiger partial charge in [0.15, 0.2) is 5.13 Å². The minimum atomic E-state index is -0.451. The van der Waals surface area contributed by atoms with Gasteiger partial charge in [0.25, 0.3) is 0 Å². The molecule has 1 aliphatic heterocycles. The number of likely N-dealkylation sites (N-methyl/N-ethyl adjacent to an activating group) is 1. The summed E-state index contributed by atoms with van der Waals surface area (Å²) in [6, 6.07) is 13.2. The zero-order chi connectivity index (χ0) is 22.1. The Balaban J connectivity index is 1.58. The minimum absolute atomic E-state index is 0.108. The average molecular weight is 468 g/mol. The van der Waals surface area contributed by atoms with E-state index < -0.39 is 5.69 Å². The van der Waals surface area contributed by atoms with Gasteiger partial charge in [-0.05, 0) is 23.6 Å². The van der Waals surface area contributed by atoms with Gasteiger partial charge in [0, 0.05) is 25.8 Å². The van der Waals surface area contributed by atoms with Crippen LogP contribution in [0.4, 0.5) is 10.8 Å². The number of benzene rings is 1. The molecule has 10 heteroatoms. The lowest BCUT2D eigenvalue weighted by Gasteiger charge is -2.25. The number of amides is 1. The van der Waals surface area contributed by atoms with Gasteiger partial charge >= 0.3 is 5.69 Å². The topological polar surface area (TPSA) is 80.6 Å². The van der Waals surface area contributed by atoms with Crippen molar-refractivity contribution in [1.29, 1.82) is 0 Å². The van der Waals surface area contributed by atoms with Crippen LogP contribution in [0.3, 0.4) is 0 Å². The maximum absolute atomic E-state index is 13.1. The Hall–Kier alpha value is -3.08. The molecule has 0 N–H and O–H groups in total. The van der Waals surface area contributed by atoms with Crippen molar-refractivity contribution in [3.8, 4) is 10.6 Å². The number of nitrogens with zero attached hydrogens (tertiary/aromatic N) is 5. The molecule has 32 heavy (non-hydrogen) atoms. The third kappa shape index (κ3) is 3.92. The van der Waals surface area contributed by atoms with E-state index in [1.54, 1.807) is 11.9 Å². The summed E-state index contributed by atoms with van der Waals surface area (Å²) in [6.45, 7) is 2.64. The molecule has 1 fully saturated rings. The smallest absolute Gasteiger partial charge is 0.349 e. The molecule has 3 aromatic heterocycles. The van der Waals surface area contributed by atoms with Crippen LogP contribution in [0.2, 0.25) is 0 Å². The molecule has 164 valence electrons. The number of rotatable bonds is 5. The Labute approximate surface area is 192 Å². The fourth-order valence-corrected chi connectivity index (χ4v) is 5.41. The van der Waals surface area contributed by atoms with E-state index in [0.29, 0.717) is 29.3 Å². The summed E-state index contributed by atoms with van der Waals surface area (Å²) in [5, 5.41) is 2.76. The maximum atomic E-state index is 13.1. The fraction of sp³-hybridized carbons (Fsp3) is 0.273. The Kier molecular flexibility index (Phi) is 5.73. The highest BCUT2D eigenvalue weighted by atomic mass is 32.1. The molecule has 0 saturated carbocycles. The van der Waals surface area contributed by atoms with Crippen LogP contribution in [-0.2, 0) is 16.1 Å². The van der Waals surface area contributed by atoms with Crippen LogP contribution in [0, 0.1) is 0 Å². The van der Waals surface area contributed by atoms with E-state index in [-0.39, 0.29) is 12.5 Å². The lowest BCUT2D eigenvalue weighted by Crippen LogP contribution is -2.36. The molecule has 1 saturated heterocycles. The van der Waals surface area contributed by atoms with Gasteiger partial charge in [-0.1, -0.05) is 35.6 Å². The Bertz CT molecular complexity index is 1290.